The molecule has 0 bridgehead atoms. The van der Waals surface area contributed by atoms with Crippen LogP contribution in [0.1, 0.15) is 42.1 Å². The topological polar surface area (TPSA) is 86.8 Å². The summed E-state index contributed by atoms with van der Waals surface area (Å²) in [6, 6.07) is 4.40. The van der Waals surface area contributed by atoms with Crippen LogP contribution in [0.15, 0.2) is 35.7 Å². The highest BCUT2D eigenvalue weighted by Crippen LogP contribution is 2.44. The van der Waals surface area contributed by atoms with Crippen LogP contribution in [0.4, 0.5) is 18.9 Å². The van der Waals surface area contributed by atoms with Gasteiger partial charge in [0.1, 0.15) is 18.1 Å². The molecule has 3 aliphatic rings. The fourth-order valence-corrected chi connectivity index (χ4v) is 6.62. The van der Waals surface area contributed by atoms with Gasteiger partial charge in [0.15, 0.2) is 0 Å². The van der Waals surface area contributed by atoms with E-state index in [1.165, 1.54) is 12.4 Å². The van der Waals surface area contributed by atoms with Crippen molar-refractivity contribution in [2.45, 2.75) is 63.1 Å². The van der Waals surface area contributed by atoms with Gasteiger partial charge in [0.05, 0.1) is 34.1 Å². The smallest absolute Gasteiger partial charge is 0.390 e. The van der Waals surface area contributed by atoms with Gasteiger partial charge in [-0.3, -0.25) is 4.99 Å². The second-order valence-electron chi connectivity index (χ2n) is 11.0. The minimum absolute atomic E-state index is 0.101. The molecular formula is C27H29ClF3N5O2. The van der Waals surface area contributed by atoms with Crippen molar-refractivity contribution in [1.82, 2.24) is 19.4 Å². The molecule has 0 saturated heterocycles. The molecule has 6 rings (SSSR count). The summed E-state index contributed by atoms with van der Waals surface area (Å²) < 4.78 is 41.6. The number of aliphatic hydroxyl groups is 2. The zero-order valence-electron chi connectivity index (χ0n) is 21.0. The summed E-state index contributed by atoms with van der Waals surface area (Å²) in [7, 11) is 2.02. The Morgan fingerprint density at radius 2 is 1.89 bits per heavy atom. The Hall–Kier alpha value is -2.53. The first-order valence-electron chi connectivity index (χ1n) is 12.8. The summed E-state index contributed by atoms with van der Waals surface area (Å²) in [4.78, 5) is 15.5. The number of benzene rings is 1. The molecule has 2 aromatic heterocycles. The largest absolute Gasteiger partial charge is 0.417 e. The van der Waals surface area contributed by atoms with Crippen molar-refractivity contribution in [1.29, 1.82) is 0 Å². The molecule has 3 aromatic rings. The van der Waals surface area contributed by atoms with E-state index in [1.54, 1.807) is 0 Å². The number of aryl methyl sites for hydroxylation is 1. The van der Waals surface area contributed by atoms with Crippen molar-refractivity contribution in [3.8, 4) is 0 Å². The van der Waals surface area contributed by atoms with Crippen LogP contribution < -0.4 is 0 Å². The fraction of sp³-hybridized carbons (Fsp3) is 0.519. The Labute approximate surface area is 223 Å². The van der Waals surface area contributed by atoms with E-state index in [4.69, 9.17) is 11.6 Å². The fourth-order valence-electron chi connectivity index (χ4n) is 6.36. The third-order valence-corrected chi connectivity index (χ3v) is 8.99. The maximum absolute atomic E-state index is 13.2. The molecule has 202 valence electrons. The van der Waals surface area contributed by atoms with Gasteiger partial charge in [-0.1, -0.05) is 11.6 Å². The normalized spacial score (nSPS) is 29.1. The van der Waals surface area contributed by atoms with E-state index >= 15 is 0 Å². The predicted molar refractivity (Wildman–Crippen MR) is 138 cm³/mol. The molecule has 7 nitrogen and oxygen atoms in total. The number of hydrogen-bond acceptors (Lipinski definition) is 6. The number of hydrogen-bond donors (Lipinski definition) is 2. The van der Waals surface area contributed by atoms with Crippen LogP contribution in [0.25, 0.3) is 11.0 Å². The second-order valence-corrected chi connectivity index (χ2v) is 11.4. The van der Waals surface area contributed by atoms with E-state index in [2.05, 4.69) is 19.9 Å². The number of nitrogens with zero attached hydrogens (tertiary/aromatic N) is 5. The molecule has 2 fully saturated rings. The lowest BCUT2D eigenvalue weighted by atomic mass is 9.75. The monoisotopic (exact) mass is 547 g/mol. The Balaban J connectivity index is 1.07. The van der Waals surface area contributed by atoms with E-state index in [0.717, 1.165) is 41.3 Å². The maximum atomic E-state index is 13.2. The van der Waals surface area contributed by atoms with E-state index in [0.29, 0.717) is 30.6 Å². The summed E-state index contributed by atoms with van der Waals surface area (Å²) in [6.07, 6.45) is -0.0558. The molecule has 3 heterocycles. The lowest BCUT2D eigenvalue weighted by Crippen LogP contribution is -2.47. The van der Waals surface area contributed by atoms with Gasteiger partial charge in [-0.2, -0.15) is 13.2 Å². The summed E-state index contributed by atoms with van der Waals surface area (Å²) >= 11 is 5.87. The third kappa shape index (κ3) is 4.31. The molecule has 2 aliphatic carbocycles. The summed E-state index contributed by atoms with van der Waals surface area (Å²) in [5, 5.41) is 22.4. The molecule has 0 amide bonds. The number of rotatable bonds is 5. The molecule has 4 atom stereocenters. The van der Waals surface area contributed by atoms with Crippen LogP contribution in [0.2, 0.25) is 5.02 Å². The Morgan fingerprint density at radius 1 is 1.13 bits per heavy atom. The van der Waals surface area contributed by atoms with E-state index in [1.807, 2.05) is 30.8 Å². The molecule has 0 spiro atoms. The molecule has 2 saturated carbocycles. The van der Waals surface area contributed by atoms with Crippen molar-refractivity contribution in [2.24, 2.45) is 16.8 Å². The van der Waals surface area contributed by atoms with Gasteiger partial charge in [0, 0.05) is 48.1 Å². The predicted octanol–water partition coefficient (Wildman–Crippen LogP) is 4.73. The van der Waals surface area contributed by atoms with Crippen molar-refractivity contribution in [2.75, 3.05) is 13.6 Å². The highest BCUT2D eigenvalue weighted by molar-refractivity contribution is 6.31. The summed E-state index contributed by atoms with van der Waals surface area (Å²) in [5.41, 5.74) is 2.82. The lowest BCUT2D eigenvalue weighted by Gasteiger charge is -2.42. The van der Waals surface area contributed by atoms with Gasteiger partial charge >= 0.3 is 6.18 Å². The first kappa shape index (κ1) is 25.7. The summed E-state index contributed by atoms with van der Waals surface area (Å²) in [5.74, 6) is 0.111. The van der Waals surface area contributed by atoms with Crippen LogP contribution >= 0.6 is 11.6 Å². The number of aromatic nitrogens is 3. The lowest BCUT2D eigenvalue weighted by molar-refractivity contribution is -0.137. The van der Waals surface area contributed by atoms with Crippen molar-refractivity contribution < 1.29 is 23.4 Å². The standard InChI is InChI=1S/C27H29ClF3N5O2/c1-13-18-3-4-36(26(18)33-12-32-13)23-9-16(24(37)25(23)38)11-35(2)17-5-14(6-17)21-8-15-7-19(27(29,30)31)20(28)10-22(15)34-21/h3-4,7,10,12,14,16-17,23-25,37-38H,5-6,8-9,11H2,1-2H3/t14?,16-,17?,23-,24-,25+/m1/s1. The van der Waals surface area contributed by atoms with Crippen molar-refractivity contribution in [3.05, 3.63) is 52.6 Å². The van der Waals surface area contributed by atoms with E-state index in [-0.39, 0.29) is 28.9 Å². The van der Waals surface area contributed by atoms with Gasteiger partial charge in [0.25, 0.3) is 0 Å². The second kappa shape index (κ2) is 9.29. The van der Waals surface area contributed by atoms with Crippen LogP contribution in [-0.2, 0) is 12.6 Å². The first-order valence-corrected chi connectivity index (χ1v) is 13.2. The van der Waals surface area contributed by atoms with Crippen LogP contribution in [-0.4, -0.2) is 67.2 Å². The Kier molecular flexibility index (Phi) is 6.29. The number of aliphatic hydroxyl groups excluding tert-OH is 2. The molecule has 0 unspecified atom stereocenters. The maximum Gasteiger partial charge on any atom is 0.417 e. The number of aliphatic imine (C=N–C) groups is 1. The SMILES string of the molecule is Cc1ncnc2c1ccn2[C@@H]1C[C@H](CN(C)C2CC(C3=Nc4cc(Cl)c(C(F)(F)F)cc4C3)C2)[C@@H](O)[C@H]1O. The zero-order chi connectivity index (χ0) is 26.9. The quantitative estimate of drug-likeness (QED) is 0.482. The third-order valence-electron chi connectivity index (χ3n) is 8.68. The summed E-state index contributed by atoms with van der Waals surface area (Å²) in [6.45, 7) is 2.55. The molecule has 38 heavy (non-hydrogen) atoms. The minimum Gasteiger partial charge on any atom is -0.390 e. The highest BCUT2D eigenvalue weighted by atomic mass is 35.5. The molecule has 0 radical (unpaired) electrons. The molecule has 1 aliphatic heterocycles. The van der Waals surface area contributed by atoms with Gasteiger partial charge < -0.3 is 19.7 Å². The minimum atomic E-state index is -4.49. The zero-order valence-corrected chi connectivity index (χ0v) is 21.8. The van der Waals surface area contributed by atoms with Gasteiger partial charge in [-0.25, -0.2) is 9.97 Å². The molecule has 11 heteroatoms. The number of fused-ring (bicyclic) bond motifs is 2. The van der Waals surface area contributed by atoms with Gasteiger partial charge in [-0.15, -0.1) is 0 Å². The number of halogens is 4. The average molecular weight is 548 g/mol. The average Bonchev–Trinajstić information content (AvgIpc) is 3.49. The Bertz CT molecular complexity index is 1420. The molecular weight excluding hydrogens is 519 g/mol. The van der Waals surface area contributed by atoms with Crippen LogP contribution in [0, 0.1) is 18.8 Å². The van der Waals surface area contributed by atoms with Gasteiger partial charge in [-0.05, 0) is 57.0 Å². The Morgan fingerprint density at radius 3 is 2.63 bits per heavy atom. The number of alkyl halides is 3. The first-order chi connectivity index (χ1) is 18.0. The van der Waals surface area contributed by atoms with Crippen molar-refractivity contribution in [3.63, 3.8) is 0 Å². The van der Waals surface area contributed by atoms with E-state index < -0.39 is 23.9 Å². The van der Waals surface area contributed by atoms with Crippen LogP contribution in [0.5, 0.6) is 0 Å². The highest BCUT2D eigenvalue weighted by Gasteiger charge is 2.45. The van der Waals surface area contributed by atoms with Crippen LogP contribution in [0.3, 0.4) is 0 Å². The molecule has 2 N–H and O–H groups in total. The van der Waals surface area contributed by atoms with Gasteiger partial charge in [0.2, 0.25) is 0 Å². The van der Waals surface area contributed by atoms with E-state index in [9.17, 15) is 23.4 Å². The molecule has 1 aromatic carbocycles. The van der Waals surface area contributed by atoms with Crippen molar-refractivity contribution >= 4 is 34.0 Å².